The van der Waals surface area contributed by atoms with Crippen LogP contribution in [-0.4, -0.2) is 19.7 Å². The minimum atomic E-state index is -3.26. The molecule has 0 fully saturated rings. The molecule has 0 saturated carbocycles. The van der Waals surface area contributed by atoms with Crippen LogP contribution in [0.15, 0.2) is 41.3 Å². The fourth-order valence-corrected chi connectivity index (χ4v) is 2.54. The smallest absolute Gasteiger partial charge is 0.219 e. The zero-order chi connectivity index (χ0) is 14.8. The van der Waals surface area contributed by atoms with Gasteiger partial charge in [-0.3, -0.25) is 0 Å². The van der Waals surface area contributed by atoms with Gasteiger partial charge in [-0.1, -0.05) is 6.07 Å². The Morgan fingerprint density at radius 1 is 1.25 bits per heavy atom. The molecule has 1 heterocycles. The van der Waals surface area contributed by atoms with E-state index in [1.54, 1.807) is 18.2 Å². The van der Waals surface area contributed by atoms with Crippen molar-refractivity contribution in [1.82, 2.24) is 4.98 Å². The summed E-state index contributed by atoms with van der Waals surface area (Å²) in [4.78, 5) is 4.45. The Labute approximate surface area is 123 Å². The number of rotatable bonds is 4. The molecule has 2 aromatic rings. The van der Waals surface area contributed by atoms with Gasteiger partial charge in [0.05, 0.1) is 4.90 Å². The molecule has 1 aromatic heterocycles. The monoisotopic (exact) mass is 311 g/mol. The average molecular weight is 312 g/mol. The van der Waals surface area contributed by atoms with Gasteiger partial charge < -0.3 is 4.74 Å². The maximum Gasteiger partial charge on any atom is 0.219 e. The predicted molar refractivity (Wildman–Crippen MR) is 78.2 cm³/mol. The van der Waals surface area contributed by atoms with Gasteiger partial charge in [0.15, 0.2) is 9.84 Å². The van der Waals surface area contributed by atoms with Gasteiger partial charge >= 0.3 is 0 Å². The number of benzene rings is 1. The molecule has 0 aliphatic heterocycles. The van der Waals surface area contributed by atoms with Crippen LogP contribution in [0.5, 0.6) is 11.6 Å². The van der Waals surface area contributed by atoms with E-state index in [1.807, 2.05) is 13.0 Å². The van der Waals surface area contributed by atoms with Crippen LogP contribution in [0, 0.1) is 6.92 Å². The molecule has 0 spiro atoms. The van der Waals surface area contributed by atoms with E-state index in [4.69, 9.17) is 16.3 Å². The van der Waals surface area contributed by atoms with Crippen molar-refractivity contribution in [3.05, 3.63) is 47.7 Å². The third kappa shape index (κ3) is 3.71. The van der Waals surface area contributed by atoms with Gasteiger partial charge in [0, 0.05) is 23.9 Å². The minimum Gasteiger partial charge on any atom is -0.439 e. The van der Waals surface area contributed by atoms with Crippen molar-refractivity contribution < 1.29 is 13.2 Å². The molecule has 0 bridgehead atoms. The first kappa shape index (κ1) is 14.8. The van der Waals surface area contributed by atoms with Crippen molar-refractivity contribution in [2.45, 2.75) is 17.7 Å². The zero-order valence-electron chi connectivity index (χ0n) is 11.1. The molecular weight excluding hydrogens is 298 g/mol. The highest BCUT2D eigenvalue weighted by molar-refractivity contribution is 7.90. The van der Waals surface area contributed by atoms with Crippen LogP contribution in [0.3, 0.4) is 0 Å². The summed E-state index contributed by atoms with van der Waals surface area (Å²) in [7, 11) is -3.26. The normalized spacial score (nSPS) is 11.3. The maximum absolute atomic E-state index is 11.5. The summed E-state index contributed by atoms with van der Waals surface area (Å²) in [6.45, 7) is 1.84. The van der Waals surface area contributed by atoms with Gasteiger partial charge in [-0.2, -0.15) is 0 Å². The summed E-state index contributed by atoms with van der Waals surface area (Å²) in [6.07, 6.45) is 1.16. The van der Waals surface area contributed by atoms with Crippen LogP contribution in [0.4, 0.5) is 0 Å². The molecule has 0 aliphatic rings. The van der Waals surface area contributed by atoms with E-state index >= 15 is 0 Å². The number of sulfone groups is 1. The Balaban J connectivity index is 2.33. The lowest BCUT2D eigenvalue weighted by Gasteiger charge is -2.08. The fraction of sp³-hybridized carbons (Fsp3) is 0.214. The molecule has 6 heteroatoms. The van der Waals surface area contributed by atoms with Crippen molar-refractivity contribution >= 4 is 21.4 Å². The average Bonchev–Trinajstić information content (AvgIpc) is 2.37. The van der Waals surface area contributed by atoms with Crippen molar-refractivity contribution in [2.75, 3.05) is 6.26 Å². The van der Waals surface area contributed by atoms with Gasteiger partial charge in [-0.25, -0.2) is 13.4 Å². The Hall–Kier alpha value is -1.59. The third-order valence-corrected chi connectivity index (χ3v) is 4.02. The van der Waals surface area contributed by atoms with E-state index in [0.717, 1.165) is 17.5 Å². The fourth-order valence-electron chi connectivity index (χ4n) is 1.73. The van der Waals surface area contributed by atoms with E-state index in [1.165, 1.54) is 12.1 Å². The van der Waals surface area contributed by atoms with E-state index in [0.29, 0.717) is 17.5 Å². The highest BCUT2D eigenvalue weighted by Crippen LogP contribution is 2.24. The molecule has 106 valence electrons. The molecular formula is C14H14ClNO3S. The Morgan fingerprint density at radius 2 is 2.00 bits per heavy atom. The van der Waals surface area contributed by atoms with Crippen LogP contribution < -0.4 is 4.74 Å². The third-order valence-electron chi connectivity index (χ3n) is 2.60. The molecule has 20 heavy (non-hydrogen) atoms. The second-order valence-corrected chi connectivity index (χ2v) is 6.72. The number of halogens is 1. The molecule has 0 atom stereocenters. The lowest BCUT2D eigenvalue weighted by Crippen LogP contribution is -1.98. The van der Waals surface area contributed by atoms with Crippen LogP contribution in [0.2, 0.25) is 0 Å². The van der Waals surface area contributed by atoms with Gasteiger partial charge in [-0.15, -0.1) is 11.6 Å². The number of aryl methyl sites for hydroxylation is 1. The predicted octanol–water partition coefficient (Wildman–Crippen LogP) is 3.32. The van der Waals surface area contributed by atoms with Gasteiger partial charge in [-0.05, 0) is 36.8 Å². The zero-order valence-corrected chi connectivity index (χ0v) is 12.7. The van der Waals surface area contributed by atoms with Crippen molar-refractivity contribution in [3.63, 3.8) is 0 Å². The Bertz CT molecular complexity index is 729. The van der Waals surface area contributed by atoms with Crippen LogP contribution in [0.1, 0.15) is 11.3 Å². The first-order chi connectivity index (χ1) is 9.38. The number of pyridine rings is 1. The van der Waals surface area contributed by atoms with Crippen molar-refractivity contribution in [1.29, 1.82) is 0 Å². The van der Waals surface area contributed by atoms with E-state index in [9.17, 15) is 8.42 Å². The van der Waals surface area contributed by atoms with E-state index < -0.39 is 9.84 Å². The summed E-state index contributed by atoms with van der Waals surface area (Å²) in [6, 6.07) is 9.90. The summed E-state index contributed by atoms with van der Waals surface area (Å²) in [5.74, 6) is 1.18. The van der Waals surface area contributed by atoms with Gasteiger partial charge in [0.2, 0.25) is 5.88 Å². The Morgan fingerprint density at radius 3 is 2.65 bits per heavy atom. The SMILES string of the molecule is Cc1cc(CCl)cc(Oc2cccc(S(C)(=O)=O)c2)n1. The second-order valence-electron chi connectivity index (χ2n) is 4.44. The Kier molecular flexibility index (Phi) is 4.30. The van der Waals surface area contributed by atoms with Crippen LogP contribution in [-0.2, 0) is 15.7 Å². The second kappa shape index (κ2) is 5.81. The molecule has 0 amide bonds. The molecule has 0 radical (unpaired) electrons. The van der Waals surface area contributed by atoms with Crippen molar-refractivity contribution in [2.24, 2.45) is 0 Å². The number of hydrogen-bond donors (Lipinski definition) is 0. The first-order valence-electron chi connectivity index (χ1n) is 5.90. The number of aromatic nitrogens is 1. The molecule has 0 unspecified atom stereocenters. The summed E-state index contributed by atoms with van der Waals surface area (Å²) in [5.41, 5.74) is 1.69. The van der Waals surface area contributed by atoms with E-state index in [2.05, 4.69) is 4.98 Å². The summed E-state index contributed by atoms with van der Waals surface area (Å²) >= 11 is 5.80. The quantitative estimate of drug-likeness (QED) is 0.813. The number of alkyl halides is 1. The lowest BCUT2D eigenvalue weighted by molar-refractivity contribution is 0.459. The summed E-state index contributed by atoms with van der Waals surface area (Å²) in [5, 5.41) is 0. The largest absolute Gasteiger partial charge is 0.439 e. The van der Waals surface area contributed by atoms with Crippen LogP contribution in [0.25, 0.3) is 0 Å². The summed E-state index contributed by atoms with van der Waals surface area (Å²) < 4.78 is 28.6. The van der Waals surface area contributed by atoms with Gasteiger partial charge in [0.25, 0.3) is 0 Å². The van der Waals surface area contributed by atoms with Gasteiger partial charge in [0.1, 0.15) is 5.75 Å². The molecule has 0 aliphatic carbocycles. The van der Waals surface area contributed by atoms with Crippen LogP contribution >= 0.6 is 11.6 Å². The highest BCUT2D eigenvalue weighted by atomic mass is 35.5. The molecule has 4 nitrogen and oxygen atoms in total. The lowest BCUT2D eigenvalue weighted by atomic mass is 10.2. The van der Waals surface area contributed by atoms with Crippen molar-refractivity contribution in [3.8, 4) is 11.6 Å². The minimum absolute atomic E-state index is 0.209. The number of hydrogen-bond acceptors (Lipinski definition) is 4. The molecule has 2 rings (SSSR count). The standard InChI is InChI=1S/C14H14ClNO3S/c1-10-6-11(9-15)7-14(16-10)19-12-4-3-5-13(8-12)20(2,17)18/h3-8H,9H2,1-2H3. The maximum atomic E-state index is 11.5. The topological polar surface area (TPSA) is 56.3 Å². The molecule has 1 aromatic carbocycles. The molecule has 0 N–H and O–H groups in total. The number of nitrogens with zero attached hydrogens (tertiary/aromatic N) is 1. The van der Waals surface area contributed by atoms with E-state index in [-0.39, 0.29) is 4.90 Å². The first-order valence-corrected chi connectivity index (χ1v) is 8.32. The molecule has 0 saturated heterocycles. The number of ether oxygens (including phenoxy) is 1. The highest BCUT2D eigenvalue weighted by Gasteiger charge is 2.09.